The number of aliphatic carboxylic acids is 1. The fraction of sp³-hybridized carbons (Fsp3) is 0.429. The van der Waals surface area contributed by atoms with Crippen LogP contribution in [0.5, 0.6) is 5.75 Å². The molecular weight excluding hydrogens is 260 g/mol. The molecular formula is C14H18N2O4. The number of piperidine rings is 1. The maximum Gasteiger partial charge on any atom is 0.308 e. The number of carbonyl (C=O) groups excluding carboxylic acids is 1. The van der Waals surface area contributed by atoms with Gasteiger partial charge in [-0.15, -0.1) is 0 Å². The molecule has 0 radical (unpaired) electrons. The van der Waals surface area contributed by atoms with Gasteiger partial charge in [-0.25, -0.2) is 0 Å². The molecule has 2 rings (SSSR count). The number of carboxylic acid groups (broad SMARTS) is 1. The molecule has 1 aliphatic rings. The molecule has 1 aromatic rings. The molecule has 1 aromatic carbocycles. The first-order valence-electron chi connectivity index (χ1n) is 6.48. The van der Waals surface area contributed by atoms with Gasteiger partial charge in [-0.3, -0.25) is 9.59 Å². The van der Waals surface area contributed by atoms with Crippen LogP contribution in [0.4, 0.5) is 5.69 Å². The maximum atomic E-state index is 12.5. The maximum absolute atomic E-state index is 12.5. The quantitative estimate of drug-likeness (QED) is 0.811. The van der Waals surface area contributed by atoms with Crippen molar-refractivity contribution in [1.82, 2.24) is 4.90 Å². The molecule has 1 fully saturated rings. The average molecular weight is 278 g/mol. The summed E-state index contributed by atoms with van der Waals surface area (Å²) in [6.07, 6.45) is 1.29. The van der Waals surface area contributed by atoms with E-state index in [4.69, 9.17) is 15.6 Å². The van der Waals surface area contributed by atoms with Crippen molar-refractivity contribution in [2.24, 2.45) is 5.92 Å². The number of hydrogen-bond donors (Lipinski definition) is 2. The molecule has 0 aromatic heterocycles. The molecule has 3 N–H and O–H groups in total. The predicted molar refractivity (Wildman–Crippen MR) is 73.7 cm³/mol. The molecule has 108 valence electrons. The number of benzene rings is 1. The van der Waals surface area contributed by atoms with Crippen LogP contribution in [0.1, 0.15) is 23.2 Å². The fourth-order valence-corrected chi connectivity index (χ4v) is 2.38. The molecule has 20 heavy (non-hydrogen) atoms. The highest BCUT2D eigenvalue weighted by molar-refractivity contribution is 5.99. The van der Waals surface area contributed by atoms with Gasteiger partial charge in [-0.1, -0.05) is 0 Å². The molecule has 1 amide bonds. The Hall–Kier alpha value is -2.24. The highest BCUT2D eigenvalue weighted by Crippen LogP contribution is 2.24. The molecule has 1 atom stereocenters. The van der Waals surface area contributed by atoms with Gasteiger partial charge in [-0.05, 0) is 31.0 Å². The molecule has 0 bridgehead atoms. The number of nitrogens with two attached hydrogens (primary N) is 1. The van der Waals surface area contributed by atoms with E-state index in [-0.39, 0.29) is 12.5 Å². The van der Waals surface area contributed by atoms with Gasteiger partial charge < -0.3 is 20.5 Å². The Morgan fingerprint density at radius 2 is 2.20 bits per heavy atom. The van der Waals surface area contributed by atoms with Crippen molar-refractivity contribution in [3.8, 4) is 5.75 Å². The lowest BCUT2D eigenvalue weighted by molar-refractivity contribution is -0.143. The van der Waals surface area contributed by atoms with E-state index in [1.165, 1.54) is 7.11 Å². The van der Waals surface area contributed by atoms with E-state index < -0.39 is 11.9 Å². The van der Waals surface area contributed by atoms with E-state index in [1.54, 1.807) is 23.1 Å². The van der Waals surface area contributed by atoms with Crippen molar-refractivity contribution in [1.29, 1.82) is 0 Å². The number of nitrogen functional groups attached to an aromatic ring is 1. The van der Waals surface area contributed by atoms with E-state index in [1.807, 2.05) is 0 Å². The third-order valence-corrected chi connectivity index (χ3v) is 3.55. The second-order valence-corrected chi connectivity index (χ2v) is 4.88. The first-order valence-corrected chi connectivity index (χ1v) is 6.48. The number of carboxylic acids is 1. The number of nitrogens with zero attached hydrogens (tertiary/aromatic N) is 1. The normalized spacial score (nSPS) is 18.6. The zero-order valence-corrected chi connectivity index (χ0v) is 11.3. The van der Waals surface area contributed by atoms with Gasteiger partial charge in [0, 0.05) is 18.8 Å². The van der Waals surface area contributed by atoms with Gasteiger partial charge in [0.25, 0.3) is 5.91 Å². The van der Waals surface area contributed by atoms with Crippen molar-refractivity contribution in [2.75, 3.05) is 25.9 Å². The van der Waals surface area contributed by atoms with Crippen molar-refractivity contribution in [2.45, 2.75) is 12.8 Å². The molecule has 1 aliphatic heterocycles. The molecule has 0 spiro atoms. The smallest absolute Gasteiger partial charge is 0.308 e. The Morgan fingerprint density at radius 3 is 2.85 bits per heavy atom. The summed E-state index contributed by atoms with van der Waals surface area (Å²) in [5.74, 6) is -1.05. The zero-order chi connectivity index (χ0) is 14.7. The molecule has 1 heterocycles. The van der Waals surface area contributed by atoms with Crippen molar-refractivity contribution < 1.29 is 19.4 Å². The van der Waals surface area contributed by atoms with E-state index in [9.17, 15) is 9.59 Å². The van der Waals surface area contributed by atoms with Gasteiger partial charge in [0.05, 0.1) is 18.6 Å². The largest absolute Gasteiger partial charge is 0.497 e. The third-order valence-electron chi connectivity index (χ3n) is 3.55. The first kappa shape index (κ1) is 14.2. The molecule has 1 saturated heterocycles. The fourth-order valence-electron chi connectivity index (χ4n) is 2.38. The highest BCUT2D eigenvalue weighted by Gasteiger charge is 2.29. The Morgan fingerprint density at radius 1 is 1.45 bits per heavy atom. The van der Waals surface area contributed by atoms with Gasteiger partial charge in [0.15, 0.2) is 0 Å². The Balaban J connectivity index is 2.20. The average Bonchev–Trinajstić information content (AvgIpc) is 2.47. The minimum absolute atomic E-state index is 0.227. The number of rotatable bonds is 3. The number of hydrogen-bond acceptors (Lipinski definition) is 4. The predicted octanol–water partition coefficient (Wildman–Crippen LogP) is 1.21. The first-order chi connectivity index (χ1) is 9.52. The second-order valence-electron chi connectivity index (χ2n) is 4.88. The van der Waals surface area contributed by atoms with Crippen LogP contribution >= 0.6 is 0 Å². The summed E-state index contributed by atoms with van der Waals surface area (Å²) in [7, 11) is 1.52. The van der Waals surface area contributed by atoms with E-state index in [0.29, 0.717) is 36.4 Å². The molecule has 0 saturated carbocycles. The summed E-state index contributed by atoms with van der Waals surface area (Å²) in [6, 6.07) is 4.88. The van der Waals surface area contributed by atoms with Gasteiger partial charge in [0.2, 0.25) is 0 Å². The van der Waals surface area contributed by atoms with Crippen LogP contribution in [0.15, 0.2) is 18.2 Å². The topological polar surface area (TPSA) is 92.9 Å². The standard InChI is InChI=1S/C14H18N2O4/c1-20-10-4-5-12(15)11(7-10)13(17)16-6-2-3-9(8-16)14(18)19/h4-5,7,9H,2-3,6,8,15H2,1H3,(H,18,19)/t9-/m1/s1. The number of ether oxygens (including phenoxy) is 1. The number of likely N-dealkylation sites (tertiary alicyclic amines) is 1. The molecule has 6 nitrogen and oxygen atoms in total. The Kier molecular flexibility index (Phi) is 4.12. The van der Waals surface area contributed by atoms with E-state index in [0.717, 1.165) is 0 Å². The SMILES string of the molecule is COc1ccc(N)c(C(=O)N2CCC[C@@H](C(=O)O)C2)c1. The molecule has 0 aliphatic carbocycles. The van der Waals surface area contributed by atoms with Crippen LogP contribution in [0.3, 0.4) is 0 Å². The number of amides is 1. The summed E-state index contributed by atoms with van der Waals surface area (Å²) in [5.41, 5.74) is 6.55. The lowest BCUT2D eigenvalue weighted by Gasteiger charge is -2.31. The summed E-state index contributed by atoms with van der Waals surface area (Å²) in [5, 5.41) is 9.06. The van der Waals surface area contributed by atoms with Gasteiger partial charge in [0.1, 0.15) is 5.75 Å². The monoisotopic (exact) mass is 278 g/mol. The molecule has 6 heteroatoms. The lowest BCUT2D eigenvalue weighted by atomic mass is 9.97. The number of methoxy groups -OCH3 is 1. The van der Waals surface area contributed by atoms with Crippen LogP contribution in [0.2, 0.25) is 0 Å². The van der Waals surface area contributed by atoms with Crippen molar-refractivity contribution >= 4 is 17.6 Å². The summed E-state index contributed by atoms with van der Waals surface area (Å²) >= 11 is 0. The lowest BCUT2D eigenvalue weighted by Crippen LogP contribution is -2.42. The Bertz CT molecular complexity index is 530. The van der Waals surface area contributed by atoms with Crippen LogP contribution in [0.25, 0.3) is 0 Å². The van der Waals surface area contributed by atoms with Gasteiger partial charge in [-0.2, -0.15) is 0 Å². The van der Waals surface area contributed by atoms with Gasteiger partial charge >= 0.3 is 5.97 Å². The van der Waals surface area contributed by atoms with Crippen molar-refractivity contribution in [3.63, 3.8) is 0 Å². The van der Waals surface area contributed by atoms with Crippen molar-refractivity contribution in [3.05, 3.63) is 23.8 Å². The second kappa shape index (κ2) is 5.81. The number of anilines is 1. The molecule has 0 unspecified atom stereocenters. The number of carbonyl (C=O) groups is 2. The minimum atomic E-state index is -0.860. The van der Waals surface area contributed by atoms with Crippen LogP contribution in [0, 0.1) is 5.92 Å². The summed E-state index contributed by atoms with van der Waals surface area (Å²) in [4.78, 5) is 25.0. The summed E-state index contributed by atoms with van der Waals surface area (Å²) in [6.45, 7) is 0.782. The van der Waals surface area contributed by atoms with Crippen LogP contribution in [-0.4, -0.2) is 42.1 Å². The van der Waals surface area contributed by atoms with E-state index >= 15 is 0 Å². The van der Waals surface area contributed by atoms with Crippen LogP contribution < -0.4 is 10.5 Å². The third kappa shape index (κ3) is 2.84. The van der Waals surface area contributed by atoms with E-state index in [2.05, 4.69) is 0 Å². The summed E-state index contributed by atoms with van der Waals surface area (Å²) < 4.78 is 5.09. The minimum Gasteiger partial charge on any atom is -0.497 e. The van der Waals surface area contributed by atoms with Crippen LogP contribution in [-0.2, 0) is 4.79 Å². The zero-order valence-electron chi connectivity index (χ0n) is 11.3. The Labute approximate surface area is 117 Å². The highest BCUT2D eigenvalue weighted by atomic mass is 16.5.